The van der Waals surface area contributed by atoms with Gasteiger partial charge in [-0.15, -0.1) is 0 Å². The molecule has 6 heteroatoms. The Morgan fingerprint density at radius 2 is 1.83 bits per heavy atom. The predicted octanol–water partition coefficient (Wildman–Crippen LogP) is 2.76. The molecule has 1 aliphatic carbocycles. The van der Waals surface area contributed by atoms with Crippen LogP contribution in [0, 0.1) is 0 Å². The summed E-state index contributed by atoms with van der Waals surface area (Å²) in [5, 5.41) is 5.93. The van der Waals surface area contributed by atoms with Crippen LogP contribution >= 0.6 is 0 Å². The quantitative estimate of drug-likeness (QED) is 0.672. The summed E-state index contributed by atoms with van der Waals surface area (Å²) in [7, 11) is 0. The fraction of sp³-hybridized carbons (Fsp3) is 0.882. The Bertz CT molecular complexity index is 385. The van der Waals surface area contributed by atoms with E-state index in [1.165, 1.54) is 0 Å². The Morgan fingerprint density at radius 1 is 1.17 bits per heavy atom. The van der Waals surface area contributed by atoms with Crippen molar-refractivity contribution >= 4 is 12.0 Å². The molecular weight excluding hydrogens is 296 g/mol. The van der Waals surface area contributed by atoms with E-state index >= 15 is 0 Å². The number of alkyl carbamates (subject to hydrolysis) is 1. The van der Waals surface area contributed by atoms with E-state index in [9.17, 15) is 9.59 Å². The number of carbonyl (C=O) groups excluding carboxylic acids is 2. The van der Waals surface area contributed by atoms with Gasteiger partial charge in [0.15, 0.2) is 0 Å². The molecule has 2 amide bonds. The third kappa shape index (κ3) is 8.21. The lowest BCUT2D eigenvalue weighted by Crippen LogP contribution is -2.54. The van der Waals surface area contributed by atoms with Crippen molar-refractivity contribution in [3.05, 3.63) is 0 Å². The van der Waals surface area contributed by atoms with Gasteiger partial charge in [0.1, 0.15) is 5.60 Å². The topological polar surface area (TPSA) is 76.7 Å². The molecule has 0 unspecified atom stereocenters. The number of amides is 2. The molecule has 0 atom stereocenters. The Kier molecular flexibility index (Phi) is 7.82. The van der Waals surface area contributed by atoms with Crippen molar-refractivity contribution < 1.29 is 19.1 Å². The van der Waals surface area contributed by atoms with Gasteiger partial charge < -0.3 is 20.1 Å². The molecular formula is C17H32N2O4. The van der Waals surface area contributed by atoms with Gasteiger partial charge >= 0.3 is 6.09 Å². The molecule has 1 saturated carbocycles. The van der Waals surface area contributed by atoms with Crippen molar-refractivity contribution in [2.24, 2.45) is 0 Å². The van der Waals surface area contributed by atoms with Crippen LogP contribution in [0.5, 0.6) is 0 Å². The zero-order valence-corrected chi connectivity index (χ0v) is 15.0. The highest BCUT2D eigenvalue weighted by atomic mass is 16.6. The van der Waals surface area contributed by atoms with Crippen LogP contribution in [-0.4, -0.2) is 42.9 Å². The maximum atomic E-state index is 12.1. The van der Waals surface area contributed by atoms with Crippen molar-refractivity contribution in [2.75, 3.05) is 19.8 Å². The Morgan fingerprint density at radius 3 is 2.39 bits per heavy atom. The van der Waals surface area contributed by atoms with Crippen molar-refractivity contribution in [3.63, 3.8) is 0 Å². The molecule has 0 aromatic heterocycles. The molecule has 0 spiro atoms. The number of hydrogen-bond donors (Lipinski definition) is 2. The lowest BCUT2D eigenvalue weighted by molar-refractivity contribution is -0.123. The molecule has 2 N–H and O–H groups in total. The standard InChI is InChI=1S/C17H32N2O4/c1-5-22-12-8-9-14(20)19-17(10-6-7-11-17)13-18-15(21)23-16(2,3)4/h5-13H2,1-4H3,(H,18,21)(H,19,20). The molecule has 23 heavy (non-hydrogen) atoms. The number of nitrogens with one attached hydrogen (secondary N) is 2. The molecule has 0 aliphatic heterocycles. The zero-order valence-electron chi connectivity index (χ0n) is 15.0. The Hall–Kier alpha value is -1.30. The molecule has 134 valence electrons. The summed E-state index contributed by atoms with van der Waals surface area (Å²) in [5.74, 6) is 0.0255. The third-order valence-electron chi connectivity index (χ3n) is 3.83. The average molecular weight is 328 g/mol. The van der Waals surface area contributed by atoms with Crippen LogP contribution in [-0.2, 0) is 14.3 Å². The van der Waals surface area contributed by atoms with Gasteiger partial charge in [-0.3, -0.25) is 4.79 Å². The molecule has 0 aromatic rings. The Labute approximate surface area is 139 Å². The monoisotopic (exact) mass is 328 g/mol. The Balaban J connectivity index is 2.42. The molecule has 1 fully saturated rings. The molecule has 0 saturated heterocycles. The first-order valence-electron chi connectivity index (χ1n) is 8.62. The minimum absolute atomic E-state index is 0.0255. The van der Waals surface area contributed by atoms with Crippen LogP contribution < -0.4 is 10.6 Å². The molecule has 0 aromatic carbocycles. The summed E-state index contributed by atoms with van der Waals surface area (Å²) < 4.78 is 10.5. The first-order chi connectivity index (χ1) is 10.8. The summed E-state index contributed by atoms with van der Waals surface area (Å²) in [6, 6.07) is 0. The molecule has 1 rings (SSSR count). The van der Waals surface area contributed by atoms with Crippen molar-refractivity contribution in [1.82, 2.24) is 10.6 Å². The van der Waals surface area contributed by atoms with E-state index in [0.29, 0.717) is 26.2 Å². The SMILES string of the molecule is CCOCCCC(=O)NC1(CNC(=O)OC(C)(C)C)CCCC1. The first-order valence-corrected chi connectivity index (χ1v) is 8.62. The van der Waals surface area contributed by atoms with E-state index in [-0.39, 0.29) is 11.4 Å². The van der Waals surface area contributed by atoms with Crippen LogP contribution in [0.25, 0.3) is 0 Å². The normalized spacial score (nSPS) is 16.9. The van der Waals surface area contributed by atoms with Gasteiger partial charge in [-0.1, -0.05) is 12.8 Å². The lowest BCUT2D eigenvalue weighted by atomic mass is 9.97. The fourth-order valence-electron chi connectivity index (χ4n) is 2.79. The average Bonchev–Trinajstić information content (AvgIpc) is 2.89. The van der Waals surface area contributed by atoms with Gasteiger partial charge in [0.25, 0.3) is 0 Å². The van der Waals surface area contributed by atoms with Gasteiger partial charge in [-0.2, -0.15) is 0 Å². The van der Waals surface area contributed by atoms with Gasteiger partial charge in [0, 0.05) is 26.2 Å². The first kappa shape index (κ1) is 19.7. The predicted molar refractivity (Wildman–Crippen MR) is 89.3 cm³/mol. The number of carbonyl (C=O) groups is 2. The van der Waals surface area contributed by atoms with Crippen molar-refractivity contribution in [3.8, 4) is 0 Å². The van der Waals surface area contributed by atoms with Crippen molar-refractivity contribution in [1.29, 1.82) is 0 Å². The van der Waals surface area contributed by atoms with Gasteiger partial charge in [0.05, 0.1) is 5.54 Å². The highest BCUT2D eigenvalue weighted by Crippen LogP contribution is 2.29. The second-order valence-corrected chi connectivity index (χ2v) is 7.19. The number of hydrogen-bond acceptors (Lipinski definition) is 4. The highest BCUT2D eigenvalue weighted by Gasteiger charge is 2.35. The molecule has 0 bridgehead atoms. The third-order valence-corrected chi connectivity index (χ3v) is 3.83. The van der Waals surface area contributed by atoms with E-state index in [1.54, 1.807) is 0 Å². The fourth-order valence-corrected chi connectivity index (χ4v) is 2.79. The molecule has 1 aliphatic rings. The van der Waals surface area contributed by atoms with Crippen LogP contribution in [0.3, 0.4) is 0 Å². The van der Waals surface area contributed by atoms with E-state index < -0.39 is 11.7 Å². The van der Waals surface area contributed by atoms with E-state index in [0.717, 1.165) is 32.1 Å². The minimum atomic E-state index is -0.518. The smallest absolute Gasteiger partial charge is 0.407 e. The van der Waals surface area contributed by atoms with Gasteiger partial charge in [-0.25, -0.2) is 4.79 Å². The lowest BCUT2D eigenvalue weighted by Gasteiger charge is -2.31. The van der Waals surface area contributed by atoms with Crippen LogP contribution in [0.4, 0.5) is 4.79 Å². The van der Waals surface area contributed by atoms with Crippen molar-refractivity contribution in [2.45, 2.75) is 77.4 Å². The van der Waals surface area contributed by atoms with E-state index in [4.69, 9.17) is 9.47 Å². The van der Waals surface area contributed by atoms with Crippen LogP contribution in [0.2, 0.25) is 0 Å². The highest BCUT2D eigenvalue weighted by molar-refractivity contribution is 5.77. The van der Waals surface area contributed by atoms with Crippen LogP contribution in [0.15, 0.2) is 0 Å². The number of rotatable bonds is 8. The second kappa shape index (κ2) is 9.11. The van der Waals surface area contributed by atoms with E-state index in [1.807, 2.05) is 27.7 Å². The van der Waals surface area contributed by atoms with Gasteiger partial charge in [-0.05, 0) is 47.0 Å². The molecule has 0 heterocycles. The van der Waals surface area contributed by atoms with Gasteiger partial charge in [0.2, 0.25) is 5.91 Å². The minimum Gasteiger partial charge on any atom is -0.444 e. The maximum Gasteiger partial charge on any atom is 0.407 e. The number of ether oxygens (including phenoxy) is 2. The summed E-state index contributed by atoms with van der Waals surface area (Å²) in [6.45, 7) is 9.13. The zero-order chi connectivity index (χ0) is 17.3. The summed E-state index contributed by atoms with van der Waals surface area (Å²) in [4.78, 5) is 24.0. The molecule has 0 radical (unpaired) electrons. The summed E-state index contributed by atoms with van der Waals surface area (Å²) in [5.41, 5.74) is -0.852. The summed E-state index contributed by atoms with van der Waals surface area (Å²) in [6.07, 6.45) is 4.64. The van der Waals surface area contributed by atoms with Crippen LogP contribution in [0.1, 0.15) is 66.2 Å². The maximum absolute atomic E-state index is 12.1. The molecule has 6 nitrogen and oxygen atoms in total. The largest absolute Gasteiger partial charge is 0.444 e. The second-order valence-electron chi connectivity index (χ2n) is 7.19. The van der Waals surface area contributed by atoms with E-state index in [2.05, 4.69) is 10.6 Å². The summed E-state index contributed by atoms with van der Waals surface area (Å²) >= 11 is 0.